The fraction of sp³-hybridized carbons (Fsp3) is 0.250. The lowest BCUT2D eigenvalue weighted by Gasteiger charge is -2.12. The third-order valence-electron chi connectivity index (χ3n) is 3.19. The molecule has 0 atom stereocenters. The summed E-state index contributed by atoms with van der Waals surface area (Å²) in [5.74, 6) is -0.0272. The van der Waals surface area contributed by atoms with Gasteiger partial charge >= 0.3 is 5.91 Å². The molecule has 0 saturated carbocycles. The SMILES string of the molecule is CN(C)c1ccc(C(=O)[n+]2ccc(N(C)C)cc2)cc1. The molecule has 20 heavy (non-hydrogen) atoms. The average molecular weight is 270 g/mol. The fourth-order valence-electron chi connectivity index (χ4n) is 1.90. The van der Waals surface area contributed by atoms with Crippen molar-refractivity contribution in [3.8, 4) is 0 Å². The minimum absolute atomic E-state index is 0.0272. The molecule has 0 N–H and O–H groups in total. The fourth-order valence-corrected chi connectivity index (χ4v) is 1.90. The zero-order valence-corrected chi connectivity index (χ0v) is 12.4. The van der Waals surface area contributed by atoms with Crippen LogP contribution in [0.3, 0.4) is 0 Å². The summed E-state index contributed by atoms with van der Waals surface area (Å²) >= 11 is 0. The van der Waals surface area contributed by atoms with Crippen LogP contribution in [0.5, 0.6) is 0 Å². The Kier molecular flexibility index (Phi) is 4.03. The maximum absolute atomic E-state index is 12.3. The molecule has 1 aromatic heterocycles. The third kappa shape index (κ3) is 2.96. The van der Waals surface area contributed by atoms with Crippen LogP contribution in [0.4, 0.5) is 11.4 Å². The number of aromatic nitrogens is 1. The van der Waals surface area contributed by atoms with E-state index in [4.69, 9.17) is 0 Å². The van der Waals surface area contributed by atoms with Crippen molar-refractivity contribution in [1.29, 1.82) is 0 Å². The maximum Gasteiger partial charge on any atom is 0.424 e. The first-order valence-corrected chi connectivity index (χ1v) is 6.50. The summed E-state index contributed by atoms with van der Waals surface area (Å²) in [4.78, 5) is 16.4. The first-order valence-electron chi connectivity index (χ1n) is 6.50. The predicted octanol–water partition coefficient (Wildman–Crippen LogP) is 1.79. The Morgan fingerprint density at radius 2 is 1.25 bits per heavy atom. The highest BCUT2D eigenvalue weighted by Gasteiger charge is 2.17. The van der Waals surface area contributed by atoms with Crippen molar-refractivity contribution < 1.29 is 9.36 Å². The molecule has 4 heteroatoms. The molecule has 2 rings (SSSR count). The smallest absolute Gasteiger partial charge is 0.378 e. The molecule has 0 aliphatic rings. The molecule has 0 bridgehead atoms. The number of rotatable bonds is 3. The second kappa shape index (κ2) is 5.74. The van der Waals surface area contributed by atoms with E-state index < -0.39 is 0 Å². The van der Waals surface area contributed by atoms with Gasteiger partial charge in [-0.1, -0.05) is 0 Å². The number of hydrogen-bond donors (Lipinski definition) is 0. The number of carbonyl (C=O) groups is 1. The van der Waals surface area contributed by atoms with Gasteiger partial charge in [-0.15, -0.1) is 4.57 Å². The van der Waals surface area contributed by atoms with Crippen LogP contribution in [-0.4, -0.2) is 34.1 Å². The summed E-state index contributed by atoms with van der Waals surface area (Å²) in [6.45, 7) is 0. The molecule has 104 valence electrons. The Hall–Kier alpha value is -2.36. The summed E-state index contributed by atoms with van der Waals surface area (Å²) in [6, 6.07) is 11.4. The van der Waals surface area contributed by atoms with E-state index in [1.165, 1.54) is 0 Å². The van der Waals surface area contributed by atoms with Crippen LogP contribution in [0.25, 0.3) is 0 Å². The Morgan fingerprint density at radius 1 is 0.800 bits per heavy atom. The summed E-state index contributed by atoms with van der Waals surface area (Å²) < 4.78 is 1.59. The van der Waals surface area contributed by atoms with Crippen LogP contribution in [0.2, 0.25) is 0 Å². The summed E-state index contributed by atoms with van der Waals surface area (Å²) in [7, 11) is 7.90. The van der Waals surface area contributed by atoms with E-state index >= 15 is 0 Å². The molecular formula is C16H20N3O+. The first-order chi connectivity index (χ1) is 9.49. The highest BCUT2D eigenvalue weighted by Crippen LogP contribution is 2.12. The number of anilines is 2. The van der Waals surface area contributed by atoms with Gasteiger partial charge in [-0.3, -0.25) is 0 Å². The number of nitrogens with zero attached hydrogens (tertiary/aromatic N) is 3. The lowest BCUT2D eigenvalue weighted by atomic mass is 10.2. The molecule has 4 nitrogen and oxygen atoms in total. The van der Waals surface area contributed by atoms with Crippen molar-refractivity contribution in [3.63, 3.8) is 0 Å². The highest BCUT2D eigenvalue weighted by molar-refractivity contribution is 5.87. The molecule has 0 amide bonds. The predicted molar refractivity (Wildman–Crippen MR) is 81.5 cm³/mol. The molecule has 2 aromatic rings. The van der Waals surface area contributed by atoms with E-state index in [0.29, 0.717) is 5.56 Å². The second-order valence-electron chi connectivity index (χ2n) is 5.10. The Bertz CT molecular complexity index is 533. The zero-order chi connectivity index (χ0) is 14.7. The molecule has 0 fully saturated rings. The van der Waals surface area contributed by atoms with Gasteiger partial charge in [0.15, 0.2) is 12.4 Å². The normalized spacial score (nSPS) is 10.2. The third-order valence-corrected chi connectivity index (χ3v) is 3.19. The highest BCUT2D eigenvalue weighted by atomic mass is 16.2. The number of pyridine rings is 1. The number of carbonyl (C=O) groups excluding carboxylic acids is 1. The topological polar surface area (TPSA) is 27.4 Å². The van der Waals surface area contributed by atoms with Gasteiger partial charge in [0.1, 0.15) is 0 Å². The largest absolute Gasteiger partial charge is 0.424 e. The zero-order valence-electron chi connectivity index (χ0n) is 12.4. The standard InChI is InChI=1S/C16H20N3O/c1-17(2)14-7-5-13(6-8-14)16(20)19-11-9-15(10-12-19)18(3)4/h5-12H,1-4H3/q+1. The minimum Gasteiger partial charge on any atom is -0.378 e. The van der Waals surface area contributed by atoms with Crippen LogP contribution < -0.4 is 14.4 Å². The number of hydrogen-bond acceptors (Lipinski definition) is 3. The van der Waals surface area contributed by atoms with Gasteiger partial charge in [-0.2, -0.15) is 0 Å². The molecule has 0 spiro atoms. The van der Waals surface area contributed by atoms with Gasteiger partial charge in [0, 0.05) is 51.7 Å². The lowest BCUT2D eigenvalue weighted by molar-refractivity contribution is -0.570. The van der Waals surface area contributed by atoms with E-state index in [9.17, 15) is 4.79 Å². The Balaban J connectivity index is 2.22. The number of benzene rings is 1. The van der Waals surface area contributed by atoms with Gasteiger partial charge in [0.25, 0.3) is 0 Å². The van der Waals surface area contributed by atoms with E-state index in [1.54, 1.807) is 17.0 Å². The summed E-state index contributed by atoms with van der Waals surface area (Å²) in [5.41, 5.74) is 2.82. The van der Waals surface area contributed by atoms with Crippen molar-refractivity contribution >= 4 is 17.3 Å². The first kappa shape index (κ1) is 14.1. The van der Waals surface area contributed by atoms with Crippen LogP contribution in [0, 0.1) is 0 Å². The van der Waals surface area contributed by atoms with Crippen LogP contribution in [0.15, 0.2) is 48.8 Å². The van der Waals surface area contributed by atoms with Crippen LogP contribution in [-0.2, 0) is 0 Å². The summed E-state index contributed by atoms with van der Waals surface area (Å²) in [6.07, 6.45) is 3.58. The Labute approximate surface area is 119 Å². The summed E-state index contributed by atoms with van der Waals surface area (Å²) in [5, 5.41) is 0. The average Bonchev–Trinajstić information content (AvgIpc) is 2.46. The molecule has 0 aliphatic carbocycles. The van der Waals surface area contributed by atoms with Crippen LogP contribution >= 0.6 is 0 Å². The quantitative estimate of drug-likeness (QED) is 0.796. The molecule has 0 saturated heterocycles. The van der Waals surface area contributed by atoms with Gasteiger partial charge in [0.05, 0.1) is 5.56 Å². The van der Waals surface area contributed by atoms with E-state index in [-0.39, 0.29) is 5.91 Å². The minimum atomic E-state index is -0.0272. The van der Waals surface area contributed by atoms with Gasteiger partial charge in [0.2, 0.25) is 0 Å². The van der Waals surface area contributed by atoms with E-state index in [2.05, 4.69) is 0 Å². The van der Waals surface area contributed by atoms with Gasteiger partial charge < -0.3 is 9.80 Å². The molecule has 0 aliphatic heterocycles. The van der Waals surface area contributed by atoms with Crippen molar-refractivity contribution in [2.24, 2.45) is 0 Å². The molecular weight excluding hydrogens is 250 g/mol. The van der Waals surface area contributed by atoms with Crippen molar-refractivity contribution in [1.82, 2.24) is 0 Å². The molecule has 0 unspecified atom stereocenters. The van der Waals surface area contributed by atoms with Gasteiger partial charge in [-0.05, 0) is 24.3 Å². The Morgan fingerprint density at radius 3 is 1.70 bits per heavy atom. The van der Waals surface area contributed by atoms with E-state index in [0.717, 1.165) is 11.4 Å². The van der Waals surface area contributed by atoms with Crippen LogP contribution in [0.1, 0.15) is 10.4 Å². The monoisotopic (exact) mass is 270 g/mol. The maximum atomic E-state index is 12.3. The van der Waals surface area contributed by atoms with E-state index in [1.807, 2.05) is 74.4 Å². The van der Waals surface area contributed by atoms with Gasteiger partial charge in [-0.25, -0.2) is 4.79 Å². The molecule has 1 aromatic carbocycles. The second-order valence-corrected chi connectivity index (χ2v) is 5.10. The van der Waals surface area contributed by atoms with Crippen molar-refractivity contribution in [2.45, 2.75) is 0 Å². The lowest BCUT2D eigenvalue weighted by Crippen LogP contribution is -2.42. The van der Waals surface area contributed by atoms with Crippen molar-refractivity contribution in [2.75, 3.05) is 38.0 Å². The molecule has 0 radical (unpaired) electrons. The molecule has 1 heterocycles. The van der Waals surface area contributed by atoms with Crippen molar-refractivity contribution in [3.05, 3.63) is 54.4 Å².